The number of amides is 1. The lowest BCUT2D eigenvalue weighted by Crippen LogP contribution is -2.25. The third kappa shape index (κ3) is 4.58. The molecule has 1 unspecified atom stereocenters. The van der Waals surface area contributed by atoms with E-state index < -0.39 is 0 Å². The Hall–Kier alpha value is -2.38. The molecule has 0 spiro atoms. The van der Waals surface area contributed by atoms with E-state index in [-0.39, 0.29) is 17.8 Å². The highest BCUT2D eigenvalue weighted by Gasteiger charge is 2.16. The average Bonchev–Trinajstić information content (AvgIpc) is 3.18. The van der Waals surface area contributed by atoms with Crippen LogP contribution in [-0.2, 0) is 17.9 Å². The summed E-state index contributed by atoms with van der Waals surface area (Å²) in [6, 6.07) is 7.51. The minimum absolute atomic E-state index is 0.192. The molecule has 0 aliphatic carbocycles. The summed E-state index contributed by atoms with van der Waals surface area (Å²) in [6.07, 6.45) is 4.75. The van der Waals surface area contributed by atoms with Gasteiger partial charge in [-0.3, -0.25) is 14.8 Å². The molecule has 1 atom stereocenters. The lowest BCUT2D eigenvalue weighted by molar-refractivity contribution is -0.119. The number of carbonyl (C=O) groups excluding carboxylic acids is 1. The Kier molecular flexibility index (Phi) is 5.35. The van der Waals surface area contributed by atoms with E-state index >= 15 is 0 Å². The summed E-state index contributed by atoms with van der Waals surface area (Å²) in [5.74, 6) is -0.254. The van der Waals surface area contributed by atoms with Gasteiger partial charge in [-0.2, -0.15) is 5.10 Å². The van der Waals surface area contributed by atoms with Gasteiger partial charge in [-0.25, -0.2) is 9.67 Å². The molecule has 0 aliphatic rings. The smallest absolute Gasteiger partial charge is 0.248 e. The van der Waals surface area contributed by atoms with Crippen molar-refractivity contribution in [3.63, 3.8) is 0 Å². The Morgan fingerprint density at radius 2 is 2.08 bits per heavy atom. The van der Waals surface area contributed by atoms with Gasteiger partial charge in [-0.05, 0) is 11.6 Å². The van der Waals surface area contributed by atoms with Gasteiger partial charge in [0.1, 0.15) is 6.33 Å². The first-order valence-electron chi connectivity index (χ1n) is 7.63. The molecule has 1 N–H and O–H groups in total. The zero-order chi connectivity index (χ0) is 17.8. The number of halogens is 2. The number of nitrogens with zero attached hydrogens (tertiary/aromatic N) is 5. The second kappa shape index (κ2) is 7.67. The van der Waals surface area contributed by atoms with E-state index in [0.717, 1.165) is 5.56 Å². The van der Waals surface area contributed by atoms with Gasteiger partial charge in [-0.15, -0.1) is 5.10 Å². The molecule has 9 heteroatoms. The summed E-state index contributed by atoms with van der Waals surface area (Å²) in [6.45, 7) is 2.69. The highest BCUT2D eigenvalue weighted by Crippen LogP contribution is 2.16. The fourth-order valence-electron chi connectivity index (χ4n) is 2.26. The first kappa shape index (κ1) is 17.4. The third-order valence-electron chi connectivity index (χ3n) is 3.57. The Morgan fingerprint density at radius 1 is 1.28 bits per heavy atom. The number of anilines is 1. The van der Waals surface area contributed by atoms with Crippen LogP contribution in [0.15, 0.2) is 43.0 Å². The largest absolute Gasteiger partial charge is 0.293 e. The van der Waals surface area contributed by atoms with E-state index in [2.05, 4.69) is 20.5 Å². The van der Waals surface area contributed by atoms with Crippen LogP contribution in [0.5, 0.6) is 0 Å². The molecule has 1 aromatic carbocycles. The van der Waals surface area contributed by atoms with Crippen LogP contribution < -0.4 is 5.32 Å². The second-order valence-corrected chi connectivity index (χ2v) is 6.47. The first-order valence-corrected chi connectivity index (χ1v) is 8.38. The number of hydrogen-bond donors (Lipinski definition) is 1. The van der Waals surface area contributed by atoms with Crippen LogP contribution in [0.1, 0.15) is 12.5 Å². The predicted molar refractivity (Wildman–Crippen MR) is 95.6 cm³/mol. The molecule has 1 amide bonds. The van der Waals surface area contributed by atoms with Gasteiger partial charge < -0.3 is 0 Å². The minimum Gasteiger partial charge on any atom is -0.293 e. The number of aromatic nitrogens is 5. The van der Waals surface area contributed by atoms with Crippen LogP contribution in [0.3, 0.4) is 0 Å². The molecule has 2 heterocycles. The van der Waals surface area contributed by atoms with Gasteiger partial charge in [0, 0.05) is 11.2 Å². The topological polar surface area (TPSA) is 77.6 Å². The molecule has 25 heavy (non-hydrogen) atoms. The molecular formula is C16H16Cl2N6O. The molecule has 0 bridgehead atoms. The van der Waals surface area contributed by atoms with Crippen molar-refractivity contribution in [2.75, 3.05) is 5.32 Å². The Balaban J connectivity index is 1.59. The quantitative estimate of drug-likeness (QED) is 0.714. The Labute approximate surface area is 154 Å². The maximum atomic E-state index is 12.2. The summed E-state index contributed by atoms with van der Waals surface area (Å²) in [4.78, 5) is 16.4. The molecular weight excluding hydrogens is 363 g/mol. The van der Waals surface area contributed by atoms with Crippen molar-refractivity contribution in [1.82, 2.24) is 24.5 Å². The molecule has 0 saturated carbocycles. The van der Waals surface area contributed by atoms with Gasteiger partial charge in [0.25, 0.3) is 0 Å². The molecule has 130 valence electrons. The number of hydrogen-bond acceptors (Lipinski definition) is 4. The summed E-state index contributed by atoms with van der Waals surface area (Å²) in [5.41, 5.74) is 0.927. The Bertz CT molecular complexity index is 875. The summed E-state index contributed by atoms with van der Waals surface area (Å²) in [5, 5.41) is 12.2. The van der Waals surface area contributed by atoms with Gasteiger partial charge >= 0.3 is 0 Å². The summed E-state index contributed by atoms with van der Waals surface area (Å²) >= 11 is 12.0. The standard InChI is InChI=1S/C16H16Cl2N6O/c1-11(7-23-9-13(17)6-20-23)15(25)21-16-19-10-24(22-16)8-12-4-2-3-5-14(12)18/h2-6,9-11H,7-8H2,1H3,(H,21,22,25). The van der Waals surface area contributed by atoms with Gasteiger partial charge in [-0.1, -0.05) is 48.3 Å². The highest BCUT2D eigenvalue weighted by molar-refractivity contribution is 6.31. The first-order chi connectivity index (χ1) is 12.0. The molecule has 0 radical (unpaired) electrons. The van der Waals surface area contributed by atoms with Crippen molar-refractivity contribution in [3.8, 4) is 0 Å². The monoisotopic (exact) mass is 378 g/mol. The van der Waals surface area contributed by atoms with Crippen molar-refractivity contribution in [2.45, 2.75) is 20.0 Å². The molecule has 3 rings (SSSR count). The third-order valence-corrected chi connectivity index (χ3v) is 4.14. The normalized spacial score (nSPS) is 12.1. The number of nitrogens with one attached hydrogen (secondary N) is 1. The van der Waals surface area contributed by atoms with E-state index in [1.807, 2.05) is 24.3 Å². The maximum Gasteiger partial charge on any atom is 0.248 e. The molecule has 0 saturated heterocycles. The lowest BCUT2D eigenvalue weighted by Gasteiger charge is -2.10. The van der Waals surface area contributed by atoms with Crippen molar-refractivity contribution in [3.05, 3.63) is 58.6 Å². The number of rotatable bonds is 6. The highest BCUT2D eigenvalue weighted by atomic mass is 35.5. The zero-order valence-electron chi connectivity index (χ0n) is 13.4. The van der Waals surface area contributed by atoms with Crippen molar-refractivity contribution in [1.29, 1.82) is 0 Å². The Morgan fingerprint density at radius 3 is 2.80 bits per heavy atom. The minimum atomic E-state index is -0.313. The average molecular weight is 379 g/mol. The molecule has 3 aromatic rings. The van der Waals surface area contributed by atoms with Crippen LogP contribution in [-0.4, -0.2) is 30.5 Å². The molecule has 0 fully saturated rings. The van der Waals surface area contributed by atoms with Crippen molar-refractivity contribution < 1.29 is 4.79 Å². The summed E-state index contributed by atoms with van der Waals surface area (Å²) < 4.78 is 3.24. The van der Waals surface area contributed by atoms with Crippen molar-refractivity contribution in [2.24, 2.45) is 5.92 Å². The second-order valence-electron chi connectivity index (χ2n) is 5.63. The van der Waals surface area contributed by atoms with E-state index in [1.165, 1.54) is 6.20 Å². The molecule has 0 aliphatic heterocycles. The SMILES string of the molecule is CC(Cn1cc(Cl)cn1)C(=O)Nc1ncn(Cc2ccccc2Cl)n1. The summed E-state index contributed by atoms with van der Waals surface area (Å²) in [7, 11) is 0. The van der Waals surface area contributed by atoms with Gasteiger partial charge in [0.15, 0.2) is 0 Å². The van der Waals surface area contributed by atoms with Crippen LogP contribution in [0.25, 0.3) is 0 Å². The van der Waals surface area contributed by atoms with E-state index in [4.69, 9.17) is 23.2 Å². The van der Waals surface area contributed by atoms with E-state index in [9.17, 15) is 4.79 Å². The number of carbonyl (C=O) groups is 1. The fourth-order valence-corrected chi connectivity index (χ4v) is 2.62. The lowest BCUT2D eigenvalue weighted by atomic mass is 10.1. The van der Waals surface area contributed by atoms with E-state index in [0.29, 0.717) is 23.1 Å². The number of benzene rings is 1. The van der Waals surface area contributed by atoms with Crippen LogP contribution >= 0.6 is 23.2 Å². The van der Waals surface area contributed by atoms with Gasteiger partial charge in [0.2, 0.25) is 11.9 Å². The van der Waals surface area contributed by atoms with Crippen LogP contribution in [0.2, 0.25) is 10.0 Å². The van der Waals surface area contributed by atoms with E-state index in [1.54, 1.807) is 28.8 Å². The van der Waals surface area contributed by atoms with Crippen LogP contribution in [0, 0.1) is 5.92 Å². The fraction of sp³-hybridized carbons (Fsp3) is 0.250. The molecule has 7 nitrogen and oxygen atoms in total. The maximum absolute atomic E-state index is 12.2. The van der Waals surface area contributed by atoms with Crippen LogP contribution in [0.4, 0.5) is 5.95 Å². The predicted octanol–water partition coefficient (Wildman–Crippen LogP) is 3.10. The zero-order valence-corrected chi connectivity index (χ0v) is 14.9. The molecule has 2 aromatic heterocycles. The van der Waals surface area contributed by atoms with Gasteiger partial charge in [0.05, 0.1) is 30.2 Å². The van der Waals surface area contributed by atoms with Crippen molar-refractivity contribution >= 4 is 35.1 Å².